The highest BCUT2D eigenvalue weighted by Gasteiger charge is 2.41. The Bertz CT molecular complexity index is 778. The van der Waals surface area contributed by atoms with Crippen molar-refractivity contribution in [2.75, 3.05) is 14.2 Å². The van der Waals surface area contributed by atoms with Crippen molar-refractivity contribution < 1.29 is 9.47 Å². The number of methoxy groups -OCH3 is 1. The lowest BCUT2D eigenvalue weighted by Crippen LogP contribution is -2.47. The minimum atomic E-state index is 0. The molecule has 0 saturated carbocycles. The predicted molar refractivity (Wildman–Crippen MR) is 113 cm³/mol. The summed E-state index contributed by atoms with van der Waals surface area (Å²) >= 11 is 0. The van der Waals surface area contributed by atoms with Crippen LogP contribution < -0.4 is 15.4 Å². The van der Waals surface area contributed by atoms with E-state index in [4.69, 9.17) is 9.47 Å². The molecule has 0 aliphatic carbocycles. The Morgan fingerprint density at radius 3 is 2.78 bits per heavy atom. The van der Waals surface area contributed by atoms with E-state index in [1.54, 1.807) is 14.2 Å². The third-order valence-electron chi connectivity index (χ3n) is 4.95. The Morgan fingerprint density at radius 1 is 1.33 bits per heavy atom. The van der Waals surface area contributed by atoms with E-state index in [1.807, 2.05) is 24.3 Å². The SMILES string of the molecule is CN=C(NCc1nc(-c2ccc(OC)cc2)n[nH]1)NC1CC2CCC1O2.I. The maximum atomic E-state index is 5.88. The summed E-state index contributed by atoms with van der Waals surface area (Å²) in [7, 11) is 3.42. The van der Waals surface area contributed by atoms with Gasteiger partial charge in [-0.2, -0.15) is 5.10 Å². The molecule has 1 aromatic heterocycles. The number of guanidine groups is 1. The number of halogens is 1. The largest absolute Gasteiger partial charge is 0.497 e. The molecule has 9 heteroatoms. The van der Waals surface area contributed by atoms with Crippen LogP contribution in [0.2, 0.25) is 0 Å². The first kappa shape index (κ1) is 19.9. The van der Waals surface area contributed by atoms with Crippen molar-refractivity contribution in [2.24, 2.45) is 4.99 Å². The fraction of sp³-hybridized carbons (Fsp3) is 0.500. The summed E-state index contributed by atoms with van der Waals surface area (Å²) < 4.78 is 11.1. The molecule has 3 atom stereocenters. The Hall–Kier alpha value is -1.88. The van der Waals surface area contributed by atoms with Crippen LogP contribution in [0.4, 0.5) is 0 Å². The van der Waals surface area contributed by atoms with Crippen molar-refractivity contribution in [1.82, 2.24) is 25.8 Å². The molecule has 3 heterocycles. The third-order valence-corrected chi connectivity index (χ3v) is 4.95. The molecular formula is C18H25IN6O2. The van der Waals surface area contributed by atoms with Crippen molar-refractivity contribution in [3.63, 3.8) is 0 Å². The number of aromatic amines is 1. The third kappa shape index (κ3) is 4.52. The molecule has 27 heavy (non-hydrogen) atoms. The maximum absolute atomic E-state index is 5.88. The van der Waals surface area contributed by atoms with Crippen LogP contribution in [0.5, 0.6) is 5.75 Å². The van der Waals surface area contributed by atoms with Gasteiger partial charge in [0, 0.05) is 12.6 Å². The lowest BCUT2D eigenvalue weighted by atomic mass is 9.96. The first-order valence-electron chi connectivity index (χ1n) is 8.93. The highest BCUT2D eigenvalue weighted by Crippen LogP contribution is 2.34. The van der Waals surface area contributed by atoms with Crippen LogP contribution in [0, 0.1) is 0 Å². The molecule has 3 unspecified atom stereocenters. The molecule has 2 aliphatic rings. The number of ether oxygens (including phenoxy) is 2. The number of aliphatic imine (C=N–C) groups is 1. The number of benzene rings is 1. The molecule has 4 rings (SSSR count). The second-order valence-electron chi connectivity index (χ2n) is 6.62. The van der Waals surface area contributed by atoms with Gasteiger partial charge in [0.05, 0.1) is 31.9 Å². The van der Waals surface area contributed by atoms with Gasteiger partial charge in [-0.05, 0) is 43.5 Å². The molecule has 2 saturated heterocycles. The van der Waals surface area contributed by atoms with Crippen LogP contribution in [-0.4, -0.2) is 53.5 Å². The van der Waals surface area contributed by atoms with E-state index in [1.165, 1.54) is 6.42 Å². The van der Waals surface area contributed by atoms with Gasteiger partial charge in [-0.15, -0.1) is 24.0 Å². The number of fused-ring (bicyclic) bond motifs is 2. The Labute approximate surface area is 175 Å². The van der Waals surface area contributed by atoms with Crippen molar-refractivity contribution in [1.29, 1.82) is 0 Å². The second-order valence-corrected chi connectivity index (χ2v) is 6.62. The van der Waals surface area contributed by atoms with Crippen LogP contribution in [0.1, 0.15) is 25.1 Å². The Morgan fingerprint density at radius 2 is 2.15 bits per heavy atom. The van der Waals surface area contributed by atoms with Crippen LogP contribution in [0.25, 0.3) is 11.4 Å². The second kappa shape index (κ2) is 8.87. The molecule has 3 N–H and O–H groups in total. The van der Waals surface area contributed by atoms with Gasteiger partial charge in [0.1, 0.15) is 11.6 Å². The zero-order valence-corrected chi connectivity index (χ0v) is 17.8. The Balaban J connectivity index is 0.00000210. The fourth-order valence-electron chi connectivity index (χ4n) is 3.57. The number of rotatable bonds is 5. The number of aromatic nitrogens is 3. The van der Waals surface area contributed by atoms with Crippen LogP contribution in [-0.2, 0) is 11.3 Å². The van der Waals surface area contributed by atoms with Crippen molar-refractivity contribution in [2.45, 2.75) is 44.1 Å². The quantitative estimate of drug-likeness (QED) is 0.342. The number of hydrogen-bond acceptors (Lipinski definition) is 5. The highest BCUT2D eigenvalue weighted by molar-refractivity contribution is 14.0. The van der Waals surface area contributed by atoms with Crippen LogP contribution in [0.15, 0.2) is 29.3 Å². The molecule has 2 aromatic rings. The lowest BCUT2D eigenvalue weighted by molar-refractivity contribution is 0.0992. The average Bonchev–Trinajstić information content (AvgIpc) is 3.42. The van der Waals surface area contributed by atoms with E-state index in [2.05, 4.69) is 30.8 Å². The number of nitrogens with zero attached hydrogens (tertiary/aromatic N) is 3. The molecule has 2 bridgehead atoms. The van der Waals surface area contributed by atoms with E-state index < -0.39 is 0 Å². The summed E-state index contributed by atoms with van der Waals surface area (Å²) in [5.41, 5.74) is 0.940. The Kier molecular flexibility index (Phi) is 6.53. The number of nitrogens with one attached hydrogen (secondary N) is 3. The van der Waals surface area contributed by atoms with E-state index in [9.17, 15) is 0 Å². The standard InChI is InChI=1S/C18H24N6O2.HI/c1-19-18(21-14-9-13-7-8-15(14)26-13)20-10-16-22-17(24-23-16)11-3-5-12(25-2)6-4-11;/h3-6,13-15H,7-10H2,1-2H3,(H2,19,20,21)(H,22,23,24);1H. The smallest absolute Gasteiger partial charge is 0.191 e. The first-order chi connectivity index (χ1) is 12.7. The predicted octanol–water partition coefficient (Wildman–Crippen LogP) is 2.08. The molecule has 146 valence electrons. The van der Waals surface area contributed by atoms with Gasteiger partial charge < -0.3 is 20.1 Å². The van der Waals surface area contributed by atoms with Gasteiger partial charge in [-0.3, -0.25) is 10.1 Å². The van der Waals surface area contributed by atoms with Crippen molar-refractivity contribution in [3.05, 3.63) is 30.1 Å². The van der Waals surface area contributed by atoms with Gasteiger partial charge in [0.2, 0.25) is 0 Å². The van der Waals surface area contributed by atoms with Gasteiger partial charge in [0.15, 0.2) is 11.8 Å². The highest BCUT2D eigenvalue weighted by atomic mass is 127. The topological polar surface area (TPSA) is 96.5 Å². The summed E-state index contributed by atoms with van der Waals surface area (Å²) in [5.74, 6) is 2.98. The van der Waals surface area contributed by atoms with Gasteiger partial charge in [0.25, 0.3) is 0 Å². The molecular weight excluding hydrogens is 459 g/mol. The lowest BCUT2D eigenvalue weighted by Gasteiger charge is -2.22. The minimum Gasteiger partial charge on any atom is -0.497 e. The van der Waals surface area contributed by atoms with Crippen molar-refractivity contribution in [3.8, 4) is 17.1 Å². The molecule has 1 aromatic carbocycles. The normalized spacial score (nSPS) is 23.8. The summed E-state index contributed by atoms with van der Waals surface area (Å²) in [4.78, 5) is 8.83. The number of H-pyrrole nitrogens is 1. The molecule has 0 radical (unpaired) electrons. The van der Waals surface area contributed by atoms with E-state index in [0.717, 1.165) is 35.9 Å². The average molecular weight is 484 g/mol. The molecule has 0 amide bonds. The summed E-state index contributed by atoms with van der Waals surface area (Å²) in [6.45, 7) is 0.518. The number of hydrogen-bond donors (Lipinski definition) is 3. The minimum absolute atomic E-state index is 0. The van der Waals surface area contributed by atoms with Crippen LogP contribution in [0.3, 0.4) is 0 Å². The van der Waals surface area contributed by atoms with E-state index in [-0.39, 0.29) is 24.0 Å². The summed E-state index contributed by atoms with van der Waals surface area (Å²) in [6.07, 6.45) is 4.09. The van der Waals surface area contributed by atoms with Gasteiger partial charge >= 0.3 is 0 Å². The van der Waals surface area contributed by atoms with Crippen molar-refractivity contribution >= 4 is 29.9 Å². The van der Waals surface area contributed by atoms with Gasteiger partial charge in [-0.25, -0.2) is 4.98 Å². The fourth-order valence-corrected chi connectivity index (χ4v) is 3.57. The first-order valence-corrected chi connectivity index (χ1v) is 8.93. The maximum Gasteiger partial charge on any atom is 0.191 e. The molecule has 2 fully saturated rings. The van der Waals surface area contributed by atoms with Crippen LogP contribution >= 0.6 is 24.0 Å². The van der Waals surface area contributed by atoms with Gasteiger partial charge in [-0.1, -0.05) is 0 Å². The summed E-state index contributed by atoms with van der Waals surface area (Å²) in [6, 6.07) is 8.01. The molecule has 2 aliphatic heterocycles. The summed E-state index contributed by atoms with van der Waals surface area (Å²) in [5, 5.41) is 14.0. The zero-order chi connectivity index (χ0) is 17.9. The zero-order valence-electron chi connectivity index (χ0n) is 15.4. The molecule has 0 spiro atoms. The monoisotopic (exact) mass is 484 g/mol. The van der Waals surface area contributed by atoms with E-state index in [0.29, 0.717) is 30.6 Å². The molecule has 8 nitrogen and oxygen atoms in total. The van der Waals surface area contributed by atoms with E-state index >= 15 is 0 Å².